The normalized spacial score (nSPS) is 25.9. The predicted molar refractivity (Wildman–Crippen MR) is 77.2 cm³/mol. The zero-order chi connectivity index (χ0) is 15.2. The number of rotatable bonds is 3. The largest absolute Gasteiger partial charge is 0.439 e. The van der Waals surface area contributed by atoms with E-state index >= 15 is 0 Å². The fourth-order valence-electron chi connectivity index (χ4n) is 3.26. The minimum atomic E-state index is -0.347. The second-order valence-electron chi connectivity index (χ2n) is 6.25. The fourth-order valence-corrected chi connectivity index (χ4v) is 3.26. The number of likely N-dealkylation sites (tertiary alicyclic amines) is 1. The lowest BCUT2D eigenvalue weighted by molar-refractivity contribution is 0.0625. The van der Waals surface area contributed by atoms with Crippen LogP contribution in [0.5, 0.6) is 0 Å². The van der Waals surface area contributed by atoms with Gasteiger partial charge in [-0.05, 0) is 13.0 Å². The van der Waals surface area contributed by atoms with Crippen molar-refractivity contribution in [3.63, 3.8) is 0 Å². The van der Waals surface area contributed by atoms with E-state index in [2.05, 4.69) is 4.90 Å². The van der Waals surface area contributed by atoms with Gasteiger partial charge in [-0.1, -0.05) is 0 Å². The van der Waals surface area contributed by atoms with Crippen LogP contribution in [0.25, 0.3) is 0 Å². The highest BCUT2D eigenvalue weighted by Crippen LogP contribution is 2.32. The Hall–Kier alpha value is -1.82. The molecule has 6 nitrogen and oxygen atoms in total. The lowest BCUT2D eigenvalue weighted by Gasteiger charge is -2.21. The van der Waals surface area contributed by atoms with Crippen LogP contribution in [0.2, 0.25) is 0 Å². The summed E-state index contributed by atoms with van der Waals surface area (Å²) in [6, 6.07) is 1.94. The van der Waals surface area contributed by atoms with Crippen molar-refractivity contribution in [1.29, 1.82) is 0 Å². The third-order valence-electron chi connectivity index (χ3n) is 4.44. The highest BCUT2D eigenvalue weighted by atomic mass is 16.6. The van der Waals surface area contributed by atoms with E-state index in [1.807, 2.05) is 23.9 Å². The number of aromatic nitrogens is 1. The van der Waals surface area contributed by atoms with Gasteiger partial charge in [0.15, 0.2) is 5.78 Å². The van der Waals surface area contributed by atoms with Crippen LogP contribution in [0.4, 0.5) is 4.79 Å². The Morgan fingerprint density at radius 2 is 2.14 bits per heavy atom. The topological polar surface area (TPSA) is 54.8 Å². The molecular formula is C15H21N3O3. The molecule has 0 radical (unpaired) electrons. The van der Waals surface area contributed by atoms with Crippen molar-refractivity contribution in [3.8, 4) is 0 Å². The first-order valence-electron chi connectivity index (χ1n) is 7.21. The number of nitrogens with zero attached hydrogens (tertiary/aromatic N) is 3. The molecule has 1 amide bonds. The van der Waals surface area contributed by atoms with Crippen molar-refractivity contribution in [1.82, 2.24) is 14.4 Å². The Morgan fingerprint density at radius 3 is 2.71 bits per heavy atom. The van der Waals surface area contributed by atoms with Crippen molar-refractivity contribution >= 4 is 11.9 Å². The monoisotopic (exact) mass is 291 g/mol. The van der Waals surface area contributed by atoms with Gasteiger partial charge < -0.3 is 14.2 Å². The molecule has 0 aromatic carbocycles. The SMILES string of the molecule is CC(=O)c1cc(CN2CCC3(C2)CN(C)C(=O)O3)n(C)c1. The third kappa shape index (κ3) is 2.55. The minimum Gasteiger partial charge on any atom is -0.439 e. The highest BCUT2D eigenvalue weighted by Gasteiger charge is 2.48. The van der Waals surface area contributed by atoms with Crippen molar-refractivity contribution in [3.05, 3.63) is 23.5 Å². The van der Waals surface area contributed by atoms with Crippen LogP contribution in [0.1, 0.15) is 29.4 Å². The molecule has 0 saturated carbocycles. The number of carbonyl (C=O) groups excluding carboxylic acids is 2. The molecule has 6 heteroatoms. The summed E-state index contributed by atoms with van der Waals surface area (Å²) < 4.78 is 7.54. The maximum Gasteiger partial charge on any atom is 0.410 e. The molecule has 2 aliphatic rings. The zero-order valence-corrected chi connectivity index (χ0v) is 12.8. The average Bonchev–Trinajstić information content (AvgIpc) is 3.03. The maximum absolute atomic E-state index is 11.6. The number of ether oxygens (including phenoxy) is 1. The number of Topliss-reactive ketones (excluding diaryl/α,β-unsaturated/α-hetero) is 1. The van der Waals surface area contributed by atoms with Crippen molar-refractivity contribution in [2.75, 3.05) is 26.7 Å². The van der Waals surface area contributed by atoms with E-state index in [-0.39, 0.29) is 17.5 Å². The van der Waals surface area contributed by atoms with E-state index < -0.39 is 0 Å². The summed E-state index contributed by atoms with van der Waals surface area (Å²) in [7, 11) is 3.73. The summed E-state index contributed by atoms with van der Waals surface area (Å²) in [6.07, 6.45) is 2.51. The van der Waals surface area contributed by atoms with E-state index in [1.165, 1.54) is 0 Å². The first-order valence-corrected chi connectivity index (χ1v) is 7.21. The zero-order valence-electron chi connectivity index (χ0n) is 12.8. The summed E-state index contributed by atoms with van der Waals surface area (Å²) in [5.74, 6) is 0.0843. The predicted octanol–water partition coefficient (Wildman–Crippen LogP) is 1.25. The Morgan fingerprint density at radius 1 is 1.38 bits per heavy atom. The van der Waals surface area contributed by atoms with Gasteiger partial charge in [-0.25, -0.2) is 4.79 Å². The number of carbonyl (C=O) groups is 2. The molecule has 2 aliphatic heterocycles. The van der Waals surface area contributed by atoms with Crippen molar-refractivity contribution in [2.24, 2.45) is 7.05 Å². The summed E-state index contributed by atoms with van der Waals surface area (Å²) in [5, 5.41) is 0. The van der Waals surface area contributed by atoms with Crippen molar-refractivity contribution < 1.29 is 14.3 Å². The molecule has 1 atom stereocenters. The third-order valence-corrected chi connectivity index (χ3v) is 4.44. The second-order valence-corrected chi connectivity index (χ2v) is 6.25. The van der Waals surface area contributed by atoms with Crippen LogP contribution >= 0.6 is 0 Å². The summed E-state index contributed by atoms with van der Waals surface area (Å²) in [6.45, 7) is 4.67. The van der Waals surface area contributed by atoms with Gasteiger partial charge >= 0.3 is 6.09 Å². The van der Waals surface area contributed by atoms with E-state index in [9.17, 15) is 9.59 Å². The molecule has 1 aromatic heterocycles. The maximum atomic E-state index is 11.6. The van der Waals surface area contributed by atoms with Gasteiger partial charge in [0.25, 0.3) is 0 Å². The molecule has 1 unspecified atom stereocenters. The number of likely N-dealkylation sites (N-methyl/N-ethyl adjacent to an activating group) is 1. The molecule has 21 heavy (non-hydrogen) atoms. The lowest BCUT2D eigenvalue weighted by Crippen LogP contribution is -2.37. The molecule has 0 N–H and O–H groups in total. The first-order chi connectivity index (χ1) is 9.88. The van der Waals surface area contributed by atoms with Gasteiger partial charge in [-0.15, -0.1) is 0 Å². The number of aryl methyl sites for hydroxylation is 1. The van der Waals surface area contributed by atoms with Gasteiger partial charge in [0.05, 0.1) is 6.54 Å². The van der Waals surface area contributed by atoms with Crippen LogP contribution in [-0.4, -0.2) is 58.5 Å². The standard InChI is InChI=1S/C15H21N3O3/c1-11(19)12-6-13(16(2)7-12)8-18-5-4-15(10-18)9-17(3)14(20)21-15/h6-7H,4-5,8-10H2,1-3H3. The Balaban J connectivity index is 1.68. The molecule has 1 spiro atoms. The number of hydrogen-bond donors (Lipinski definition) is 0. The molecule has 0 bridgehead atoms. The van der Waals surface area contributed by atoms with E-state index in [4.69, 9.17) is 4.74 Å². The molecule has 0 aliphatic carbocycles. The van der Waals surface area contributed by atoms with Gasteiger partial charge in [0.2, 0.25) is 0 Å². The van der Waals surface area contributed by atoms with Crippen LogP contribution in [0.3, 0.4) is 0 Å². The van der Waals surface area contributed by atoms with Gasteiger partial charge in [-0.3, -0.25) is 9.69 Å². The van der Waals surface area contributed by atoms with Gasteiger partial charge in [-0.2, -0.15) is 0 Å². The van der Waals surface area contributed by atoms with E-state index in [0.29, 0.717) is 6.54 Å². The summed E-state index contributed by atoms with van der Waals surface area (Å²) in [4.78, 5) is 26.9. The molecule has 2 saturated heterocycles. The van der Waals surface area contributed by atoms with Crippen LogP contribution in [-0.2, 0) is 18.3 Å². The van der Waals surface area contributed by atoms with Crippen LogP contribution < -0.4 is 0 Å². The fraction of sp³-hybridized carbons (Fsp3) is 0.600. The summed E-state index contributed by atoms with van der Waals surface area (Å²) in [5.41, 5.74) is 1.50. The molecule has 1 aromatic rings. The smallest absolute Gasteiger partial charge is 0.410 e. The Bertz CT molecular complexity index is 595. The van der Waals surface area contributed by atoms with Gasteiger partial charge in [0.1, 0.15) is 5.60 Å². The van der Waals surface area contributed by atoms with Gasteiger partial charge in [0, 0.05) is 57.6 Å². The molecule has 3 rings (SSSR count). The Kier molecular flexibility index (Phi) is 3.28. The number of ketones is 1. The minimum absolute atomic E-state index is 0.0843. The second kappa shape index (κ2) is 4.87. The van der Waals surface area contributed by atoms with Crippen LogP contribution in [0.15, 0.2) is 12.3 Å². The van der Waals surface area contributed by atoms with E-state index in [1.54, 1.807) is 18.9 Å². The number of amides is 1. The van der Waals surface area contributed by atoms with Crippen molar-refractivity contribution in [2.45, 2.75) is 25.5 Å². The quantitative estimate of drug-likeness (QED) is 0.787. The first kappa shape index (κ1) is 14.1. The number of hydrogen-bond acceptors (Lipinski definition) is 4. The molecule has 114 valence electrons. The van der Waals surface area contributed by atoms with Crippen LogP contribution in [0, 0.1) is 0 Å². The molecular weight excluding hydrogens is 270 g/mol. The lowest BCUT2D eigenvalue weighted by atomic mass is 10.0. The highest BCUT2D eigenvalue weighted by molar-refractivity contribution is 5.94. The summed E-state index contributed by atoms with van der Waals surface area (Å²) >= 11 is 0. The Labute approximate surface area is 124 Å². The molecule has 3 heterocycles. The van der Waals surface area contributed by atoms with E-state index in [0.717, 1.165) is 37.3 Å². The molecule has 2 fully saturated rings. The average molecular weight is 291 g/mol.